The van der Waals surface area contributed by atoms with Crippen molar-refractivity contribution in [3.05, 3.63) is 24.3 Å². The van der Waals surface area contributed by atoms with Crippen molar-refractivity contribution in [1.82, 2.24) is 0 Å². The first kappa shape index (κ1) is 32.6. The molecule has 0 aromatic heterocycles. The van der Waals surface area contributed by atoms with Crippen molar-refractivity contribution in [2.24, 2.45) is 67.0 Å². The highest BCUT2D eigenvalue weighted by Crippen LogP contribution is 2.73. The first-order valence-electron chi connectivity index (χ1n) is 19.8. The average molecular weight is 645 g/mol. The second-order valence-electron chi connectivity index (χ2n) is 20.7. The van der Waals surface area contributed by atoms with Crippen LogP contribution in [0.1, 0.15) is 151 Å². The quantitative estimate of drug-likeness (QED) is 0.164. The standard InChI is InChI=1S/C43H64O4/c1-36-17-9-32-40(5)15-7-13-38(3,30(40)11-19-42(32,26-36)23-21-36)28-46-34(44)25-35(45)47-29-39(4)14-8-16-41(6)31(39)12-20-43-24-22-37(2,27-43)18-10-33(41)43/h21-24,30-33H,7-20,25-29H2,1-6H3/t30-,31-,32+,33+,36-,37-,38-,39-,40-,41-,42+,43+/m1/s1. The minimum absolute atomic E-state index is 0.0271. The summed E-state index contributed by atoms with van der Waals surface area (Å²) in [7, 11) is 0. The fourth-order valence-electron chi connectivity index (χ4n) is 15.6. The van der Waals surface area contributed by atoms with E-state index in [2.05, 4.69) is 65.8 Å². The molecular weight excluding hydrogens is 580 g/mol. The number of hydrogen-bond donors (Lipinski definition) is 0. The first-order chi connectivity index (χ1) is 22.1. The summed E-state index contributed by atoms with van der Waals surface area (Å²) < 4.78 is 12.0. The third kappa shape index (κ3) is 4.85. The Morgan fingerprint density at radius 2 is 0.936 bits per heavy atom. The van der Waals surface area contributed by atoms with E-state index in [9.17, 15) is 9.59 Å². The Labute approximate surface area is 285 Å². The van der Waals surface area contributed by atoms with Crippen LogP contribution in [0, 0.1) is 67.0 Å². The predicted molar refractivity (Wildman–Crippen MR) is 186 cm³/mol. The molecule has 4 nitrogen and oxygen atoms in total. The van der Waals surface area contributed by atoms with Crippen LogP contribution in [0.25, 0.3) is 0 Å². The van der Waals surface area contributed by atoms with Crippen LogP contribution in [0.15, 0.2) is 24.3 Å². The van der Waals surface area contributed by atoms with Gasteiger partial charge in [-0.05, 0) is 146 Å². The third-order valence-corrected chi connectivity index (χ3v) is 17.5. The van der Waals surface area contributed by atoms with Gasteiger partial charge in [-0.25, -0.2) is 0 Å². The molecule has 4 heteroatoms. The van der Waals surface area contributed by atoms with Crippen molar-refractivity contribution in [3.8, 4) is 0 Å². The molecule has 0 radical (unpaired) electrons. The van der Waals surface area contributed by atoms with Gasteiger partial charge in [0.2, 0.25) is 0 Å². The van der Waals surface area contributed by atoms with Gasteiger partial charge in [0.05, 0.1) is 13.2 Å². The van der Waals surface area contributed by atoms with Gasteiger partial charge in [-0.2, -0.15) is 0 Å². The van der Waals surface area contributed by atoms with Gasteiger partial charge >= 0.3 is 11.9 Å². The van der Waals surface area contributed by atoms with E-state index in [0.717, 1.165) is 24.7 Å². The third-order valence-electron chi connectivity index (χ3n) is 17.5. The Balaban J connectivity index is 0.872. The van der Waals surface area contributed by atoms with E-state index in [1.165, 1.54) is 89.9 Å². The Bertz CT molecular complexity index is 1280. The Kier molecular flexibility index (Phi) is 7.27. The summed E-state index contributed by atoms with van der Waals surface area (Å²) in [5.74, 6) is 1.78. The Hall–Kier alpha value is -1.58. The molecule has 0 unspecified atom stereocenters. The molecule has 8 aliphatic rings. The van der Waals surface area contributed by atoms with Crippen molar-refractivity contribution >= 4 is 11.9 Å². The molecule has 8 aliphatic carbocycles. The predicted octanol–water partition coefficient (Wildman–Crippen LogP) is 10.4. The lowest BCUT2D eigenvalue weighted by atomic mass is 9.40. The summed E-state index contributed by atoms with van der Waals surface area (Å²) >= 11 is 0. The van der Waals surface area contributed by atoms with Crippen LogP contribution in [0.4, 0.5) is 0 Å². The molecule has 0 aromatic carbocycles. The minimum Gasteiger partial charge on any atom is -0.465 e. The number of fused-ring (bicyclic) bond motifs is 6. The van der Waals surface area contributed by atoms with Gasteiger partial charge in [0.1, 0.15) is 6.42 Å². The molecule has 0 N–H and O–H groups in total. The van der Waals surface area contributed by atoms with Crippen molar-refractivity contribution in [2.75, 3.05) is 13.2 Å². The van der Waals surface area contributed by atoms with Crippen molar-refractivity contribution < 1.29 is 19.1 Å². The summed E-state index contributed by atoms with van der Waals surface area (Å²) in [5.41, 5.74) is 2.10. The SMILES string of the molecule is C[C@]12C=C[C@@]3(CC[C@@H]4[C@@](C)(COC(=O)CC(=O)OC[C@@]5(C)CCC[C@]6(C)[C@@H]5CC[C@@]57C=C[C@@](C)(CC[C@H]56)C7)CCC[C@@]4(C)[C@@H]3CC1)C2. The second-order valence-corrected chi connectivity index (χ2v) is 20.7. The van der Waals surface area contributed by atoms with Crippen LogP contribution < -0.4 is 0 Å². The highest BCUT2D eigenvalue weighted by molar-refractivity contribution is 5.91. The van der Waals surface area contributed by atoms with Gasteiger partial charge in [-0.3, -0.25) is 9.59 Å². The molecule has 260 valence electrons. The summed E-state index contributed by atoms with van der Waals surface area (Å²) in [5, 5.41) is 0. The zero-order valence-electron chi connectivity index (χ0n) is 30.7. The first-order valence-corrected chi connectivity index (χ1v) is 19.8. The fourth-order valence-corrected chi connectivity index (χ4v) is 15.6. The highest BCUT2D eigenvalue weighted by atomic mass is 16.6. The van der Waals surface area contributed by atoms with Gasteiger partial charge in [0.15, 0.2) is 0 Å². The van der Waals surface area contributed by atoms with Crippen LogP contribution in [0.5, 0.6) is 0 Å². The molecule has 0 heterocycles. The molecule has 12 atom stereocenters. The lowest BCUT2D eigenvalue weighted by Gasteiger charge is -2.64. The molecule has 6 saturated carbocycles. The summed E-state index contributed by atoms with van der Waals surface area (Å²) in [4.78, 5) is 26.3. The number of hydrogen-bond acceptors (Lipinski definition) is 4. The van der Waals surface area contributed by atoms with Crippen molar-refractivity contribution in [1.29, 1.82) is 0 Å². The van der Waals surface area contributed by atoms with Crippen LogP contribution in [0.3, 0.4) is 0 Å². The molecule has 47 heavy (non-hydrogen) atoms. The molecule has 0 aromatic rings. The average Bonchev–Trinajstić information content (AvgIpc) is 3.40. The van der Waals surface area contributed by atoms with Crippen LogP contribution in [-0.4, -0.2) is 25.2 Å². The Morgan fingerprint density at radius 3 is 1.36 bits per heavy atom. The van der Waals surface area contributed by atoms with E-state index >= 15 is 0 Å². The largest absolute Gasteiger partial charge is 0.465 e. The van der Waals surface area contributed by atoms with E-state index in [1.807, 2.05) is 0 Å². The number of rotatable bonds is 6. The molecule has 8 rings (SSSR count). The van der Waals surface area contributed by atoms with Gasteiger partial charge in [-0.15, -0.1) is 0 Å². The van der Waals surface area contributed by atoms with Crippen LogP contribution >= 0.6 is 0 Å². The molecular formula is C43H64O4. The summed E-state index contributed by atoms with van der Waals surface area (Å²) in [6.07, 6.45) is 30.2. The van der Waals surface area contributed by atoms with Gasteiger partial charge < -0.3 is 9.47 Å². The Morgan fingerprint density at radius 1 is 0.532 bits per heavy atom. The van der Waals surface area contributed by atoms with E-state index in [4.69, 9.17) is 9.47 Å². The van der Waals surface area contributed by atoms with E-state index in [1.54, 1.807) is 0 Å². The maximum absolute atomic E-state index is 13.2. The monoisotopic (exact) mass is 644 g/mol. The topological polar surface area (TPSA) is 52.6 Å². The normalized spacial score (nSPS) is 53.7. The smallest absolute Gasteiger partial charge is 0.317 e. The molecule has 2 spiro atoms. The number of carbonyl (C=O) groups is 2. The molecule has 0 amide bonds. The molecule has 6 fully saturated rings. The van der Waals surface area contributed by atoms with E-state index in [-0.39, 0.29) is 17.3 Å². The lowest BCUT2D eigenvalue weighted by Crippen LogP contribution is -2.58. The number of ether oxygens (including phenoxy) is 2. The zero-order chi connectivity index (χ0) is 33.1. The number of allylic oxidation sites excluding steroid dienone is 4. The van der Waals surface area contributed by atoms with E-state index in [0.29, 0.717) is 57.5 Å². The zero-order valence-corrected chi connectivity index (χ0v) is 30.7. The molecule has 0 aliphatic heterocycles. The summed E-state index contributed by atoms with van der Waals surface area (Å²) in [6.45, 7) is 15.7. The van der Waals surface area contributed by atoms with Gasteiger partial charge in [0, 0.05) is 10.8 Å². The van der Waals surface area contributed by atoms with Crippen LogP contribution in [-0.2, 0) is 19.1 Å². The maximum Gasteiger partial charge on any atom is 0.317 e. The van der Waals surface area contributed by atoms with Crippen molar-refractivity contribution in [3.63, 3.8) is 0 Å². The number of carbonyl (C=O) groups excluding carboxylic acids is 2. The van der Waals surface area contributed by atoms with Crippen LogP contribution in [0.2, 0.25) is 0 Å². The van der Waals surface area contributed by atoms with Gasteiger partial charge in [0.25, 0.3) is 0 Å². The van der Waals surface area contributed by atoms with E-state index < -0.39 is 11.9 Å². The lowest BCUT2D eigenvalue weighted by molar-refractivity contribution is -0.178. The van der Waals surface area contributed by atoms with Gasteiger partial charge in [-0.1, -0.05) is 78.7 Å². The maximum atomic E-state index is 13.2. The highest BCUT2D eigenvalue weighted by Gasteiger charge is 2.65. The molecule has 0 saturated heterocycles. The fraction of sp³-hybridized carbons (Fsp3) is 0.860. The second kappa shape index (κ2) is 10.5. The minimum atomic E-state index is -0.403. The number of esters is 2. The van der Waals surface area contributed by atoms with Crippen molar-refractivity contribution in [2.45, 2.75) is 151 Å². The summed E-state index contributed by atoms with van der Waals surface area (Å²) in [6, 6.07) is 0. The molecule has 4 bridgehead atoms.